The van der Waals surface area contributed by atoms with Crippen LogP contribution in [-0.4, -0.2) is 42.3 Å². The first-order valence-corrected chi connectivity index (χ1v) is 14.4. The van der Waals surface area contributed by atoms with Crippen LogP contribution < -0.4 is 14.2 Å². The number of benzene rings is 3. The van der Waals surface area contributed by atoms with Crippen LogP contribution in [-0.2, 0) is 4.79 Å². The molecule has 0 N–H and O–H groups in total. The SMILES string of the molecule is COc1cc(/C=C2\SC(=O)N(CCOc3cc(C)ccc3C(C)C)C2=O)cc(Br)c1OC(=O)c1ccc(Cl)cc1. The highest BCUT2D eigenvalue weighted by Gasteiger charge is 2.35. The minimum atomic E-state index is -0.585. The molecule has 0 bridgehead atoms. The van der Waals surface area contributed by atoms with Crippen LogP contribution in [0, 0.1) is 6.92 Å². The summed E-state index contributed by atoms with van der Waals surface area (Å²) in [5.74, 6) is 0.500. The smallest absolute Gasteiger partial charge is 0.343 e. The Bertz CT molecular complexity index is 1490. The minimum absolute atomic E-state index is 0.125. The van der Waals surface area contributed by atoms with Crippen molar-refractivity contribution in [3.8, 4) is 17.2 Å². The molecule has 1 aliphatic heterocycles. The fraction of sp³-hybridized carbons (Fsp3) is 0.233. The maximum atomic E-state index is 13.1. The molecule has 0 atom stereocenters. The van der Waals surface area contributed by atoms with Gasteiger partial charge in [-0.1, -0.05) is 37.6 Å². The first kappa shape index (κ1) is 29.7. The zero-order valence-corrected chi connectivity index (χ0v) is 25.5. The Morgan fingerprint density at radius 3 is 2.48 bits per heavy atom. The highest BCUT2D eigenvalue weighted by Crippen LogP contribution is 2.39. The number of amides is 2. The lowest BCUT2D eigenvalue weighted by Crippen LogP contribution is -2.32. The number of hydrogen-bond donors (Lipinski definition) is 0. The summed E-state index contributed by atoms with van der Waals surface area (Å²) >= 11 is 10.2. The monoisotopic (exact) mass is 643 g/mol. The number of carbonyl (C=O) groups is 3. The topological polar surface area (TPSA) is 82.1 Å². The fourth-order valence-corrected chi connectivity index (χ4v) is 5.53. The van der Waals surface area contributed by atoms with Crippen molar-refractivity contribution < 1.29 is 28.6 Å². The lowest BCUT2D eigenvalue weighted by molar-refractivity contribution is -0.123. The summed E-state index contributed by atoms with van der Waals surface area (Å²) < 4.78 is 17.4. The maximum Gasteiger partial charge on any atom is 0.343 e. The number of ether oxygens (including phenoxy) is 3. The van der Waals surface area contributed by atoms with Crippen LogP contribution >= 0.6 is 39.3 Å². The van der Waals surface area contributed by atoms with E-state index in [1.165, 1.54) is 12.0 Å². The molecule has 0 spiro atoms. The Balaban J connectivity index is 1.47. The van der Waals surface area contributed by atoms with Crippen molar-refractivity contribution in [2.45, 2.75) is 26.7 Å². The Kier molecular flexibility index (Phi) is 9.60. The van der Waals surface area contributed by atoms with Gasteiger partial charge in [0, 0.05) is 5.02 Å². The molecule has 10 heteroatoms. The molecule has 3 aromatic rings. The second-order valence-electron chi connectivity index (χ2n) is 9.31. The van der Waals surface area contributed by atoms with Gasteiger partial charge in [0.15, 0.2) is 11.5 Å². The number of esters is 1. The van der Waals surface area contributed by atoms with E-state index < -0.39 is 11.9 Å². The van der Waals surface area contributed by atoms with Crippen LogP contribution in [0.5, 0.6) is 17.2 Å². The Labute approximate surface area is 250 Å². The van der Waals surface area contributed by atoms with Crippen LogP contribution in [0.25, 0.3) is 6.08 Å². The highest BCUT2D eigenvalue weighted by molar-refractivity contribution is 9.10. The van der Waals surface area contributed by atoms with Crippen LogP contribution in [0.3, 0.4) is 0 Å². The normalized spacial score (nSPS) is 14.3. The van der Waals surface area contributed by atoms with Gasteiger partial charge in [-0.25, -0.2) is 4.79 Å². The molecule has 0 aromatic heterocycles. The molecule has 2 amide bonds. The molecular weight excluding hydrogens is 618 g/mol. The van der Waals surface area contributed by atoms with Crippen molar-refractivity contribution in [1.82, 2.24) is 4.90 Å². The minimum Gasteiger partial charge on any atom is -0.493 e. The number of aryl methyl sites for hydroxylation is 1. The third-order valence-corrected chi connectivity index (χ3v) is 7.81. The standard InChI is InChI=1S/C30H27BrClNO6S/c1-17(2)22-10-5-18(3)13-24(22)38-12-11-33-28(34)26(40-30(33)36)16-19-14-23(31)27(25(15-19)37-4)39-29(35)20-6-8-21(32)9-7-20/h5-10,13-17H,11-12H2,1-4H3/b26-16-. The molecule has 3 aromatic carbocycles. The van der Waals surface area contributed by atoms with Crippen molar-refractivity contribution in [2.24, 2.45) is 0 Å². The third kappa shape index (κ3) is 6.89. The molecule has 40 heavy (non-hydrogen) atoms. The Morgan fingerprint density at radius 2 is 1.80 bits per heavy atom. The zero-order valence-electron chi connectivity index (χ0n) is 22.3. The lowest BCUT2D eigenvalue weighted by atomic mass is 10.0. The summed E-state index contributed by atoms with van der Waals surface area (Å²) in [6.07, 6.45) is 1.60. The molecule has 0 unspecified atom stereocenters. The van der Waals surface area contributed by atoms with Gasteiger partial charge in [0.25, 0.3) is 11.1 Å². The van der Waals surface area contributed by atoms with E-state index in [1.54, 1.807) is 42.5 Å². The van der Waals surface area contributed by atoms with Gasteiger partial charge in [0.1, 0.15) is 12.4 Å². The molecule has 4 rings (SSSR count). The van der Waals surface area contributed by atoms with Gasteiger partial charge in [0.05, 0.1) is 28.6 Å². The number of imide groups is 1. The number of carbonyl (C=O) groups excluding carboxylic acids is 3. The van der Waals surface area contributed by atoms with Crippen LogP contribution in [0.15, 0.2) is 64.0 Å². The average molecular weight is 645 g/mol. The van der Waals surface area contributed by atoms with E-state index in [4.69, 9.17) is 25.8 Å². The highest BCUT2D eigenvalue weighted by atomic mass is 79.9. The van der Waals surface area contributed by atoms with E-state index in [0.29, 0.717) is 20.6 Å². The van der Waals surface area contributed by atoms with Crippen LogP contribution in [0.4, 0.5) is 4.79 Å². The quantitative estimate of drug-likeness (QED) is 0.133. The Hall–Kier alpha value is -3.27. The summed E-state index contributed by atoms with van der Waals surface area (Å²) in [5.41, 5.74) is 3.04. The molecule has 7 nitrogen and oxygen atoms in total. The van der Waals surface area contributed by atoms with Gasteiger partial charge in [-0.2, -0.15) is 0 Å². The second-order valence-corrected chi connectivity index (χ2v) is 11.6. The van der Waals surface area contributed by atoms with Crippen molar-refractivity contribution in [3.05, 3.63) is 91.3 Å². The number of halogens is 2. The molecule has 0 saturated carbocycles. The summed E-state index contributed by atoms with van der Waals surface area (Å²) in [5, 5.41) is 0.135. The molecule has 1 saturated heterocycles. The van der Waals surface area contributed by atoms with Crippen molar-refractivity contribution in [1.29, 1.82) is 0 Å². The predicted octanol–water partition coefficient (Wildman–Crippen LogP) is 7.88. The first-order valence-electron chi connectivity index (χ1n) is 12.4. The number of rotatable bonds is 9. The molecule has 208 valence electrons. The molecule has 1 fully saturated rings. The van der Waals surface area contributed by atoms with E-state index in [-0.39, 0.29) is 40.7 Å². The molecule has 1 aliphatic rings. The van der Waals surface area contributed by atoms with Gasteiger partial charge in [-0.15, -0.1) is 0 Å². The summed E-state index contributed by atoms with van der Waals surface area (Å²) in [4.78, 5) is 39.8. The first-order chi connectivity index (χ1) is 19.1. The zero-order chi connectivity index (χ0) is 29.0. The average Bonchev–Trinajstić information content (AvgIpc) is 3.17. The number of thioether (sulfide) groups is 1. The number of nitrogens with zero attached hydrogens (tertiary/aromatic N) is 1. The van der Waals surface area contributed by atoms with Gasteiger partial charge >= 0.3 is 5.97 Å². The van der Waals surface area contributed by atoms with Gasteiger partial charge in [-0.05, 0) is 106 Å². The van der Waals surface area contributed by atoms with Crippen molar-refractivity contribution in [3.63, 3.8) is 0 Å². The Morgan fingerprint density at radius 1 is 1.07 bits per heavy atom. The van der Waals surface area contributed by atoms with E-state index in [1.807, 2.05) is 25.1 Å². The second kappa shape index (κ2) is 12.9. The van der Waals surface area contributed by atoms with Gasteiger partial charge < -0.3 is 14.2 Å². The van der Waals surface area contributed by atoms with Gasteiger partial charge in [-0.3, -0.25) is 14.5 Å². The maximum absolute atomic E-state index is 13.1. The van der Waals surface area contributed by atoms with Gasteiger partial charge in [0.2, 0.25) is 0 Å². The van der Waals surface area contributed by atoms with E-state index in [9.17, 15) is 14.4 Å². The van der Waals surface area contributed by atoms with E-state index in [2.05, 4.69) is 29.8 Å². The van der Waals surface area contributed by atoms with E-state index >= 15 is 0 Å². The number of methoxy groups -OCH3 is 1. The fourth-order valence-electron chi connectivity index (χ4n) is 3.99. The molecular formula is C30H27BrClNO6S. The lowest BCUT2D eigenvalue weighted by Gasteiger charge is -2.17. The van der Waals surface area contributed by atoms with Crippen LogP contribution in [0.1, 0.15) is 46.8 Å². The van der Waals surface area contributed by atoms with Crippen molar-refractivity contribution >= 4 is 62.5 Å². The van der Waals surface area contributed by atoms with E-state index in [0.717, 1.165) is 28.6 Å². The summed E-state index contributed by atoms with van der Waals surface area (Å²) in [6.45, 7) is 6.47. The largest absolute Gasteiger partial charge is 0.493 e. The summed E-state index contributed by atoms with van der Waals surface area (Å²) in [6, 6.07) is 15.6. The predicted molar refractivity (Wildman–Crippen MR) is 161 cm³/mol. The summed E-state index contributed by atoms with van der Waals surface area (Å²) in [7, 11) is 1.44. The number of hydrogen-bond acceptors (Lipinski definition) is 7. The third-order valence-electron chi connectivity index (χ3n) is 6.06. The van der Waals surface area contributed by atoms with Crippen LogP contribution in [0.2, 0.25) is 5.02 Å². The molecule has 0 aliphatic carbocycles. The molecule has 1 heterocycles. The molecule has 0 radical (unpaired) electrons. The van der Waals surface area contributed by atoms with Crippen molar-refractivity contribution in [2.75, 3.05) is 20.3 Å².